The number of carbonyl (C=O) groups is 1. The maximum atomic E-state index is 12.5. The van der Waals surface area contributed by atoms with Crippen molar-refractivity contribution in [2.75, 3.05) is 13.1 Å². The molecule has 0 unspecified atom stereocenters. The van der Waals surface area contributed by atoms with Gasteiger partial charge in [-0.2, -0.15) is 5.10 Å². The summed E-state index contributed by atoms with van der Waals surface area (Å²) in [6.07, 6.45) is 5.05. The van der Waals surface area contributed by atoms with E-state index in [-0.39, 0.29) is 5.91 Å². The first kappa shape index (κ1) is 13.8. The molecule has 0 aliphatic carbocycles. The van der Waals surface area contributed by atoms with Crippen molar-refractivity contribution in [2.45, 2.75) is 24.9 Å². The summed E-state index contributed by atoms with van der Waals surface area (Å²) in [6, 6.07) is 9.26. The van der Waals surface area contributed by atoms with Gasteiger partial charge in [0.1, 0.15) is 18.7 Å². The van der Waals surface area contributed by atoms with Crippen molar-refractivity contribution >= 4 is 5.91 Å². The Morgan fingerprint density at radius 1 is 1.24 bits per heavy atom. The van der Waals surface area contributed by atoms with Crippen LogP contribution in [0.4, 0.5) is 0 Å². The van der Waals surface area contributed by atoms with Crippen LogP contribution in [0.5, 0.6) is 0 Å². The summed E-state index contributed by atoms with van der Waals surface area (Å²) in [5.41, 5.74) is 6.94. The second kappa shape index (κ2) is 6.05. The van der Waals surface area contributed by atoms with Gasteiger partial charge in [0.25, 0.3) is 0 Å². The first-order valence-corrected chi connectivity index (χ1v) is 7.19. The van der Waals surface area contributed by atoms with E-state index in [0.29, 0.717) is 19.1 Å². The number of likely N-dealkylation sites (tertiary alicyclic amines) is 1. The summed E-state index contributed by atoms with van der Waals surface area (Å²) in [5, 5.41) is 4.17. The third-order valence-electron chi connectivity index (χ3n) is 4.01. The Kier molecular flexibility index (Phi) is 3.96. The van der Waals surface area contributed by atoms with Crippen molar-refractivity contribution in [3.8, 4) is 0 Å². The third kappa shape index (κ3) is 2.95. The van der Waals surface area contributed by atoms with E-state index >= 15 is 0 Å². The molecule has 1 aliphatic rings. The van der Waals surface area contributed by atoms with Crippen LogP contribution in [0.3, 0.4) is 0 Å². The summed E-state index contributed by atoms with van der Waals surface area (Å²) >= 11 is 0. The fourth-order valence-corrected chi connectivity index (χ4v) is 2.76. The molecule has 0 bridgehead atoms. The zero-order valence-electron chi connectivity index (χ0n) is 11.8. The second-order valence-corrected chi connectivity index (χ2v) is 5.32. The third-order valence-corrected chi connectivity index (χ3v) is 4.01. The van der Waals surface area contributed by atoms with Gasteiger partial charge in [0, 0.05) is 13.1 Å². The molecule has 110 valence electrons. The molecule has 1 amide bonds. The summed E-state index contributed by atoms with van der Waals surface area (Å²) in [5.74, 6) is -0.00163. The Bertz CT molecular complexity index is 575. The van der Waals surface area contributed by atoms with Crippen molar-refractivity contribution in [2.24, 2.45) is 5.73 Å². The number of nitrogens with two attached hydrogens (primary N) is 1. The van der Waals surface area contributed by atoms with Crippen LogP contribution in [0.25, 0.3) is 0 Å². The monoisotopic (exact) mass is 285 g/mol. The van der Waals surface area contributed by atoms with E-state index in [9.17, 15) is 4.79 Å². The zero-order valence-corrected chi connectivity index (χ0v) is 11.8. The quantitative estimate of drug-likeness (QED) is 0.917. The summed E-state index contributed by atoms with van der Waals surface area (Å²) < 4.78 is 1.87. The van der Waals surface area contributed by atoms with E-state index in [1.54, 1.807) is 12.7 Å². The van der Waals surface area contributed by atoms with Gasteiger partial charge in [0.2, 0.25) is 5.91 Å². The number of amides is 1. The molecule has 2 heterocycles. The molecule has 1 atom stereocenters. The van der Waals surface area contributed by atoms with E-state index in [0.717, 1.165) is 18.4 Å². The van der Waals surface area contributed by atoms with Crippen LogP contribution in [0, 0.1) is 0 Å². The maximum Gasteiger partial charge on any atom is 0.244 e. The number of aromatic nitrogens is 3. The molecule has 0 saturated carbocycles. The molecule has 3 rings (SSSR count). The lowest BCUT2D eigenvalue weighted by molar-refractivity contribution is -0.134. The second-order valence-electron chi connectivity index (χ2n) is 5.32. The fourth-order valence-electron chi connectivity index (χ4n) is 2.76. The number of rotatable bonds is 3. The Morgan fingerprint density at radius 2 is 1.95 bits per heavy atom. The standard InChI is InChI=1S/C15H19N5O/c16-14(12-4-2-1-3-5-12)15(21)19-8-6-13(7-9-19)20-11-17-10-18-20/h1-5,10-11,13-14H,6-9,16H2/t14-/m1/s1. The SMILES string of the molecule is N[C@@H](C(=O)N1CCC(n2cncn2)CC1)c1ccccc1. The summed E-state index contributed by atoms with van der Waals surface area (Å²) in [6.45, 7) is 1.42. The highest BCUT2D eigenvalue weighted by atomic mass is 16.2. The van der Waals surface area contributed by atoms with Crippen molar-refractivity contribution < 1.29 is 4.79 Å². The molecule has 0 spiro atoms. The molecule has 1 aromatic carbocycles. The Morgan fingerprint density at radius 3 is 2.57 bits per heavy atom. The molecular weight excluding hydrogens is 266 g/mol. The van der Waals surface area contributed by atoms with Gasteiger partial charge in [0.15, 0.2) is 0 Å². The molecule has 2 aromatic rings. The lowest BCUT2D eigenvalue weighted by Gasteiger charge is -2.33. The normalized spacial score (nSPS) is 17.7. The van der Waals surface area contributed by atoms with Crippen molar-refractivity contribution in [1.82, 2.24) is 19.7 Å². The molecule has 1 fully saturated rings. The first-order chi connectivity index (χ1) is 10.3. The van der Waals surface area contributed by atoms with Gasteiger partial charge in [-0.3, -0.25) is 4.79 Å². The molecule has 1 aromatic heterocycles. The smallest absolute Gasteiger partial charge is 0.244 e. The minimum absolute atomic E-state index is 0.00163. The Labute approximate surface area is 123 Å². The van der Waals surface area contributed by atoms with Crippen LogP contribution in [0.1, 0.15) is 30.5 Å². The minimum atomic E-state index is -0.575. The number of carbonyl (C=O) groups excluding carboxylic acids is 1. The molecule has 2 N–H and O–H groups in total. The van der Waals surface area contributed by atoms with Gasteiger partial charge in [0.05, 0.1) is 6.04 Å². The maximum absolute atomic E-state index is 12.5. The van der Waals surface area contributed by atoms with Gasteiger partial charge in [-0.25, -0.2) is 9.67 Å². The highest BCUT2D eigenvalue weighted by Crippen LogP contribution is 2.23. The Balaban J connectivity index is 1.60. The summed E-state index contributed by atoms with van der Waals surface area (Å²) in [7, 11) is 0. The lowest BCUT2D eigenvalue weighted by atomic mass is 10.0. The number of piperidine rings is 1. The predicted octanol–water partition coefficient (Wildman–Crippen LogP) is 1.14. The minimum Gasteiger partial charge on any atom is -0.341 e. The van der Waals surface area contributed by atoms with Crippen molar-refractivity contribution in [3.05, 3.63) is 48.5 Å². The molecule has 21 heavy (non-hydrogen) atoms. The summed E-state index contributed by atoms with van der Waals surface area (Å²) in [4.78, 5) is 18.3. The molecule has 6 nitrogen and oxygen atoms in total. The number of hydrogen-bond acceptors (Lipinski definition) is 4. The van der Waals surface area contributed by atoms with E-state index in [1.807, 2.05) is 39.9 Å². The van der Waals surface area contributed by atoms with Gasteiger partial charge < -0.3 is 10.6 Å². The van der Waals surface area contributed by atoms with Crippen molar-refractivity contribution in [3.63, 3.8) is 0 Å². The molecular formula is C15H19N5O. The lowest BCUT2D eigenvalue weighted by Crippen LogP contribution is -2.43. The van der Waals surface area contributed by atoms with Crippen LogP contribution >= 0.6 is 0 Å². The van der Waals surface area contributed by atoms with Crippen LogP contribution in [-0.4, -0.2) is 38.7 Å². The van der Waals surface area contributed by atoms with Gasteiger partial charge in [-0.1, -0.05) is 30.3 Å². The highest BCUT2D eigenvalue weighted by molar-refractivity contribution is 5.83. The van der Waals surface area contributed by atoms with Crippen LogP contribution < -0.4 is 5.73 Å². The largest absolute Gasteiger partial charge is 0.341 e. The molecule has 1 aliphatic heterocycles. The van der Waals surface area contributed by atoms with Gasteiger partial charge in [-0.15, -0.1) is 0 Å². The highest BCUT2D eigenvalue weighted by Gasteiger charge is 2.27. The first-order valence-electron chi connectivity index (χ1n) is 7.19. The topological polar surface area (TPSA) is 77.0 Å². The van der Waals surface area contributed by atoms with Crippen LogP contribution in [-0.2, 0) is 4.79 Å². The fraction of sp³-hybridized carbons (Fsp3) is 0.400. The van der Waals surface area contributed by atoms with Crippen molar-refractivity contribution in [1.29, 1.82) is 0 Å². The molecule has 1 saturated heterocycles. The van der Waals surface area contributed by atoms with E-state index in [2.05, 4.69) is 10.1 Å². The zero-order chi connectivity index (χ0) is 14.7. The van der Waals surface area contributed by atoms with Gasteiger partial charge in [-0.05, 0) is 18.4 Å². The number of hydrogen-bond donors (Lipinski definition) is 1. The number of nitrogens with zero attached hydrogens (tertiary/aromatic N) is 4. The predicted molar refractivity (Wildman–Crippen MR) is 78.2 cm³/mol. The van der Waals surface area contributed by atoms with Crippen LogP contribution in [0.2, 0.25) is 0 Å². The molecule has 6 heteroatoms. The van der Waals surface area contributed by atoms with E-state index in [4.69, 9.17) is 5.73 Å². The average molecular weight is 285 g/mol. The van der Waals surface area contributed by atoms with E-state index < -0.39 is 6.04 Å². The van der Waals surface area contributed by atoms with Gasteiger partial charge >= 0.3 is 0 Å². The number of benzene rings is 1. The van der Waals surface area contributed by atoms with E-state index in [1.165, 1.54) is 0 Å². The Hall–Kier alpha value is -2.21. The van der Waals surface area contributed by atoms with Crippen LogP contribution in [0.15, 0.2) is 43.0 Å². The average Bonchev–Trinajstić information content (AvgIpc) is 3.09. The molecule has 0 radical (unpaired) electrons.